The van der Waals surface area contributed by atoms with Gasteiger partial charge in [0.05, 0.1) is 5.92 Å². The van der Waals surface area contributed by atoms with E-state index in [4.69, 9.17) is 9.47 Å². The predicted octanol–water partition coefficient (Wildman–Crippen LogP) is 5.26. The molecule has 4 rings (SSSR count). The molecule has 2 heterocycles. The summed E-state index contributed by atoms with van der Waals surface area (Å²) in [6.45, 7) is 7.84. The summed E-state index contributed by atoms with van der Waals surface area (Å²) in [7, 11) is 0. The summed E-state index contributed by atoms with van der Waals surface area (Å²) in [6.07, 6.45) is 2.27. The highest BCUT2D eigenvalue weighted by molar-refractivity contribution is 7.14. The van der Waals surface area contributed by atoms with Gasteiger partial charge in [0.2, 0.25) is 0 Å². The van der Waals surface area contributed by atoms with Crippen LogP contribution in [0, 0.1) is 12.8 Å². The molecule has 1 fully saturated rings. The fourth-order valence-corrected chi connectivity index (χ4v) is 4.40. The van der Waals surface area contributed by atoms with E-state index in [1.54, 1.807) is 0 Å². The molecule has 1 aliphatic heterocycles. The summed E-state index contributed by atoms with van der Waals surface area (Å²) in [4.78, 5) is 14.0. The van der Waals surface area contributed by atoms with Crippen LogP contribution in [0.25, 0.3) is 10.6 Å². The number of anilines is 1. The van der Waals surface area contributed by atoms with E-state index in [0.29, 0.717) is 5.01 Å². The van der Waals surface area contributed by atoms with Crippen LogP contribution < -0.4 is 9.64 Å². The number of para-hydroxylation sites is 1. The molecule has 0 bridgehead atoms. The maximum atomic E-state index is 11.6. The van der Waals surface area contributed by atoms with E-state index in [-0.39, 0.29) is 24.6 Å². The molecule has 0 N–H and O–H groups in total. The molecule has 1 aromatic heterocycles. The lowest BCUT2D eigenvalue weighted by molar-refractivity contribution is -0.148. The van der Waals surface area contributed by atoms with Crippen LogP contribution in [0.5, 0.6) is 5.75 Å². The first-order chi connectivity index (χ1) is 15.5. The third-order valence-electron chi connectivity index (χ3n) is 5.58. The van der Waals surface area contributed by atoms with Gasteiger partial charge in [0, 0.05) is 37.2 Å². The number of aryl methyl sites for hydroxylation is 1. The lowest BCUT2D eigenvalue weighted by Crippen LogP contribution is -2.38. The lowest BCUT2D eigenvalue weighted by atomic mass is 10.1. The lowest BCUT2D eigenvalue weighted by Gasteiger charge is -2.34. The van der Waals surface area contributed by atoms with Crippen molar-refractivity contribution in [3.8, 4) is 16.3 Å². The molecular weight excluding hydrogens is 422 g/mol. The molecule has 1 aliphatic rings. The van der Waals surface area contributed by atoms with Gasteiger partial charge < -0.3 is 14.4 Å². The molecule has 0 atom stereocenters. The van der Waals surface area contributed by atoms with Gasteiger partial charge in [0.15, 0.2) is 5.01 Å². The van der Waals surface area contributed by atoms with E-state index >= 15 is 0 Å². The van der Waals surface area contributed by atoms with Crippen LogP contribution in [0.2, 0.25) is 0 Å². The van der Waals surface area contributed by atoms with Crippen LogP contribution in [0.15, 0.2) is 48.5 Å². The zero-order chi connectivity index (χ0) is 22.5. The van der Waals surface area contributed by atoms with Crippen molar-refractivity contribution in [3.63, 3.8) is 0 Å². The summed E-state index contributed by atoms with van der Waals surface area (Å²) in [5.74, 6) is 0.624. The SMILES string of the molecule is Cc1ccccc1OC1CCN(c2ccc(-c3nnc(COC(=O)C(C)C)s3)cc2)CC1. The van der Waals surface area contributed by atoms with Crippen LogP contribution in [0.4, 0.5) is 5.69 Å². The number of hydrogen-bond donors (Lipinski definition) is 0. The van der Waals surface area contributed by atoms with Gasteiger partial charge in [-0.2, -0.15) is 0 Å². The van der Waals surface area contributed by atoms with Crippen molar-refractivity contribution < 1.29 is 14.3 Å². The van der Waals surface area contributed by atoms with Gasteiger partial charge in [-0.25, -0.2) is 0 Å². The second kappa shape index (κ2) is 10.1. The van der Waals surface area contributed by atoms with Crippen molar-refractivity contribution >= 4 is 23.0 Å². The highest BCUT2D eigenvalue weighted by Crippen LogP contribution is 2.29. The molecule has 1 saturated heterocycles. The first-order valence-electron chi connectivity index (χ1n) is 11.1. The topological polar surface area (TPSA) is 64.6 Å². The summed E-state index contributed by atoms with van der Waals surface area (Å²) in [6, 6.07) is 16.6. The highest BCUT2D eigenvalue weighted by atomic mass is 32.1. The van der Waals surface area contributed by atoms with Crippen LogP contribution in [-0.2, 0) is 16.1 Å². The zero-order valence-corrected chi connectivity index (χ0v) is 19.6. The van der Waals surface area contributed by atoms with Gasteiger partial charge in [-0.15, -0.1) is 10.2 Å². The van der Waals surface area contributed by atoms with Gasteiger partial charge >= 0.3 is 5.97 Å². The third kappa shape index (κ3) is 5.46. The monoisotopic (exact) mass is 451 g/mol. The number of rotatable bonds is 7. The van der Waals surface area contributed by atoms with E-state index in [2.05, 4.69) is 52.4 Å². The third-order valence-corrected chi connectivity index (χ3v) is 6.53. The maximum Gasteiger partial charge on any atom is 0.308 e. The zero-order valence-electron chi connectivity index (χ0n) is 18.8. The van der Waals surface area contributed by atoms with E-state index in [9.17, 15) is 4.79 Å². The van der Waals surface area contributed by atoms with Crippen molar-refractivity contribution in [2.75, 3.05) is 18.0 Å². The molecule has 0 unspecified atom stereocenters. The molecule has 3 aromatic rings. The Labute approximate surface area is 193 Å². The highest BCUT2D eigenvalue weighted by Gasteiger charge is 2.21. The summed E-state index contributed by atoms with van der Waals surface area (Å²) >= 11 is 1.45. The molecule has 6 nitrogen and oxygen atoms in total. The average Bonchev–Trinajstić information content (AvgIpc) is 3.29. The van der Waals surface area contributed by atoms with Gasteiger partial charge in [0.25, 0.3) is 0 Å². The molecule has 32 heavy (non-hydrogen) atoms. The Hall–Kier alpha value is -2.93. The molecule has 0 saturated carbocycles. The van der Waals surface area contributed by atoms with Crippen LogP contribution in [0.3, 0.4) is 0 Å². The standard InChI is InChI=1S/C25H29N3O3S/c1-17(2)25(29)30-16-23-26-27-24(32-23)19-8-10-20(11-9-19)28-14-12-21(13-15-28)31-22-7-5-4-6-18(22)3/h4-11,17,21H,12-16H2,1-3H3. The Morgan fingerprint density at radius 3 is 2.50 bits per heavy atom. The number of carbonyl (C=O) groups is 1. The minimum atomic E-state index is -0.223. The van der Waals surface area contributed by atoms with E-state index in [1.807, 2.05) is 32.0 Å². The van der Waals surface area contributed by atoms with Gasteiger partial charge in [-0.05, 0) is 42.8 Å². The number of benzene rings is 2. The minimum Gasteiger partial charge on any atom is -0.490 e. The Kier molecular flexibility index (Phi) is 7.05. The molecule has 0 aliphatic carbocycles. The van der Waals surface area contributed by atoms with Crippen LogP contribution >= 0.6 is 11.3 Å². The largest absolute Gasteiger partial charge is 0.490 e. The Bertz CT molecular complexity index is 1040. The summed E-state index contributed by atoms with van der Waals surface area (Å²) in [5, 5.41) is 9.94. The number of ether oxygens (including phenoxy) is 2. The fraction of sp³-hybridized carbons (Fsp3) is 0.400. The second-order valence-corrected chi connectivity index (χ2v) is 9.44. The quantitative estimate of drug-likeness (QED) is 0.457. The van der Waals surface area contributed by atoms with E-state index in [1.165, 1.54) is 22.6 Å². The van der Waals surface area contributed by atoms with Crippen molar-refractivity contribution in [2.45, 2.75) is 46.3 Å². The number of piperidine rings is 1. The van der Waals surface area contributed by atoms with E-state index in [0.717, 1.165) is 42.3 Å². The molecule has 0 radical (unpaired) electrons. The number of carbonyl (C=O) groups excluding carboxylic acids is 1. The second-order valence-electron chi connectivity index (χ2n) is 8.38. The molecule has 0 amide bonds. The molecule has 2 aromatic carbocycles. The number of nitrogens with zero attached hydrogens (tertiary/aromatic N) is 3. The fourth-order valence-electron chi connectivity index (χ4n) is 3.64. The number of hydrogen-bond acceptors (Lipinski definition) is 7. The van der Waals surface area contributed by atoms with Crippen molar-refractivity contribution in [2.24, 2.45) is 5.92 Å². The minimum absolute atomic E-state index is 0.144. The normalized spacial score (nSPS) is 14.6. The number of esters is 1. The summed E-state index contributed by atoms with van der Waals surface area (Å²) in [5.41, 5.74) is 3.41. The maximum absolute atomic E-state index is 11.6. The van der Waals surface area contributed by atoms with Gasteiger partial charge in [0.1, 0.15) is 23.5 Å². The van der Waals surface area contributed by atoms with Crippen molar-refractivity contribution in [3.05, 3.63) is 59.1 Å². The first kappa shape index (κ1) is 22.3. The van der Waals surface area contributed by atoms with Crippen LogP contribution in [0.1, 0.15) is 37.3 Å². The average molecular weight is 452 g/mol. The van der Waals surface area contributed by atoms with Crippen molar-refractivity contribution in [1.82, 2.24) is 10.2 Å². The van der Waals surface area contributed by atoms with Gasteiger partial charge in [-0.3, -0.25) is 4.79 Å². The Morgan fingerprint density at radius 2 is 1.81 bits per heavy atom. The number of aromatic nitrogens is 2. The molecule has 0 spiro atoms. The smallest absolute Gasteiger partial charge is 0.308 e. The molecule has 168 valence electrons. The first-order valence-corrected chi connectivity index (χ1v) is 11.9. The van der Waals surface area contributed by atoms with Crippen LogP contribution in [-0.4, -0.2) is 35.4 Å². The summed E-state index contributed by atoms with van der Waals surface area (Å²) < 4.78 is 11.5. The molecule has 7 heteroatoms. The van der Waals surface area contributed by atoms with Crippen molar-refractivity contribution in [1.29, 1.82) is 0 Å². The predicted molar refractivity (Wildman–Crippen MR) is 127 cm³/mol. The Morgan fingerprint density at radius 1 is 1.09 bits per heavy atom. The molecular formula is C25H29N3O3S. The Balaban J connectivity index is 1.31. The van der Waals surface area contributed by atoms with E-state index < -0.39 is 0 Å². The van der Waals surface area contributed by atoms with Gasteiger partial charge in [-0.1, -0.05) is 43.4 Å².